The van der Waals surface area contributed by atoms with Crippen LogP contribution in [0.25, 0.3) is 0 Å². The predicted molar refractivity (Wildman–Crippen MR) is 60.9 cm³/mol. The van der Waals surface area contributed by atoms with Crippen LogP contribution in [0.3, 0.4) is 0 Å². The number of halogens is 1. The summed E-state index contributed by atoms with van der Waals surface area (Å²) in [5.41, 5.74) is 1.05. The fraction of sp³-hybridized carbons (Fsp3) is 0.308. The number of nitrogens with zero attached hydrogens (tertiary/aromatic N) is 1. The maximum absolute atomic E-state index is 13.1. The van der Waals surface area contributed by atoms with E-state index < -0.39 is 5.82 Å². The molecule has 0 saturated heterocycles. The number of rotatable bonds is 4. The minimum atomic E-state index is -0.399. The molecule has 1 aromatic rings. The second-order valence-electron chi connectivity index (χ2n) is 3.47. The molecule has 0 aliphatic heterocycles. The summed E-state index contributed by atoms with van der Waals surface area (Å²) < 4.78 is 13.1. The van der Waals surface area contributed by atoms with Crippen molar-refractivity contribution in [3.8, 4) is 18.4 Å². The molecule has 1 aromatic carbocycles. The van der Waals surface area contributed by atoms with E-state index in [2.05, 4.69) is 11.2 Å². The van der Waals surface area contributed by atoms with Crippen LogP contribution in [0.2, 0.25) is 0 Å². The van der Waals surface area contributed by atoms with Crippen LogP contribution in [0.4, 0.5) is 4.39 Å². The van der Waals surface area contributed by atoms with E-state index in [1.807, 2.05) is 13.0 Å². The highest BCUT2D eigenvalue weighted by molar-refractivity contribution is 5.33. The third-order valence-corrected chi connectivity index (χ3v) is 2.25. The molecule has 0 radical (unpaired) electrons. The molecule has 0 bridgehead atoms. The summed E-state index contributed by atoms with van der Waals surface area (Å²) in [6.07, 6.45) is 6.11. The molecule has 0 aromatic heterocycles. The monoisotopic (exact) mass is 216 g/mol. The molecule has 0 aliphatic rings. The molecule has 1 rings (SSSR count). The number of hydrogen-bond donors (Lipinski definition) is 1. The zero-order valence-corrected chi connectivity index (χ0v) is 9.13. The Hall–Kier alpha value is -1.84. The van der Waals surface area contributed by atoms with Crippen LogP contribution >= 0.6 is 0 Å². The molecule has 0 amide bonds. The van der Waals surface area contributed by atoms with Gasteiger partial charge < -0.3 is 0 Å². The lowest BCUT2D eigenvalue weighted by molar-refractivity contribution is 0.585. The minimum absolute atomic E-state index is 0.0196. The van der Waals surface area contributed by atoms with Crippen molar-refractivity contribution in [2.45, 2.75) is 25.9 Å². The zero-order valence-electron chi connectivity index (χ0n) is 9.13. The smallest absolute Gasteiger partial charge is 0.124 e. The quantitative estimate of drug-likeness (QED) is 0.783. The van der Waals surface area contributed by atoms with Crippen LogP contribution < -0.4 is 5.32 Å². The molecule has 0 spiro atoms. The maximum atomic E-state index is 13.1. The van der Waals surface area contributed by atoms with E-state index in [0.29, 0.717) is 12.1 Å². The molecule has 82 valence electrons. The third kappa shape index (κ3) is 3.38. The molecule has 0 saturated carbocycles. The van der Waals surface area contributed by atoms with Gasteiger partial charge in [-0.25, -0.2) is 4.39 Å². The Kier molecular flexibility index (Phi) is 4.51. The van der Waals surface area contributed by atoms with Crippen LogP contribution in [-0.4, -0.2) is 6.04 Å². The van der Waals surface area contributed by atoms with Gasteiger partial charge in [-0.05, 0) is 30.2 Å². The Bertz CT molecular complexity index is 440. The van der Waals surface area contributed by atoms with E-state index in [-0.39, 0.29) is 6.04 Å². The maximum Gasteiger partial charge on any atom is 0.124 e. The molecule has 2 nitrogen and oxygen atoms in total. The summed E-state index contributed by atoms with van der Waals surface area (Å²) >= 11 is 0. The van der Waals surface area contributed by atoms with Gasteiger partial charge in [0.1, 0.15) is 5.82 Å². The summed E-state index contributed by atoms with van der Waals surface area (Å²) in [6, 6.07) is 6.16. The summed E-state index contributed by atoms with van der Waals surface area (Å²) in [4.78, 5) is 0. The first kappa shape index (κ1) is 12.2. The Morgan fingerprint density at radius 1 is 1.50 bits per heavy atom. The topological polar surface area (TPSA) is 35.8 Å². The van der Waals surface area contributed by atoms with E-state index in [0.717, 1.165) is 12.0 Å². The van der Waals surface area contributed by atoms with Crippen LogP contribution in [-0.2, 0) is 6.54 Å². The number of hydrogen-bond acceptors (Lipinski definition) is 2. The zero-order chi connectivity index (χ0) is 12.0. The molecule has 1 unspecified atom stereocenters. The van der Waals surface area contributed by atoms with E-state index in [9.17, 15) is 4.39 Å². The number of nitriles is 1. The Morgan fingerprint density at radius 2 is 2.25 bits per heavy atom. The Labute approximate surface area is 95.1 Å². The molecule has 1 atom stereocenters. The van der Waals surface area contributed by atoms with Crippen LogP contribution in [0.1, 0.15) is 24.5 Å². The first-order chi connectivity index (χ1) is 7.69. The first-order valence-corrected chi connectivity index (χ1v) is 5.08. The van der Waals surface area contributed by atoms with Crippen molar-refractivity contribution in [1.82, 2.24) is 5.32 Å². The van der Waals surface area contributed by atoms with Crippen molar-refractivity contribution in [1.29, 1.82) is 5.26 Å². The molecule has 16 heavy (non-hydrogen) atoms. The fourth-order valence-electron chi connectivity index (χ4n) is 1.38. The summed E-state index contributed by atoms with van der Waals surface area (Å²) in [7, 11) is 0. The largest absolute Gasteiger partial charge is 0.300 e. The van der Waals surface area contributed by atoms with Gasteiger partial charge >= 0.3 is 0 Å². The average Bonchev–Trinajstić information content (AvgIpc) is 2.29. The highest BCUT2D eigenvalue weighted by atomic mass is 19.1. The van der Waals surface area contributed by atoms with Gasteiger partial charge in [0.25, 0.3) is 0 Å². The van der Waals surface area contributed by atoms with Gasteiger partial charge in [0.05, 0.1) is 17.7 Å². The number of nitrogens with one attached hydrogen (secondary N) is 1. The van der Waals surface area contributed by atoms with E-state index in [1.165, 1.54) is 12.1 Å². The predicted octanol–water partition coefficient (Wildman–Crippen LogP) is 2.20. The van der Waals surface area contributed by atoms with Crippen molar-refractivity contribution in [2.75, 3.05) is 0 Å². The van der Waals surface area contributed by atoms with Gasteiger partial charge in [-0.2, -0.15) is 5.26 Å². The second-order valence-corrected chi connectivity index (χ2v) is 3.47. The van der Waals surface area contributed by atoms with E-state index >= 15 is 0 Å². The molecule has 0 aliphatic carbocycles. The summed E-state index contributed by atoms with van der Waals surface area (Å²) in [5, 5.41) is 11.8. The normalized spacial score (nSPS) is 11.5. The van der Waals surface area contributed by atoms with Crippen LogP contribution in [0.15, 0.2) is 18.2 Å². The van der Waals surface area contributed by atoms with Gasteiger partial charge in [-0.3, -0.25) is 5.32 Å². The highest BCUT2D eigenvalue weighted by Crippen LogP contribution is 2.08. The lowest BCUT2D eigenvalue weighted by Gasteiger charge is -2.10. The summed E-state index contributed by atoms with van der Waals surface area (Å²) in [5.74, 6) is 2.20. The van der Waals surface area contributed by atoms with Gasteiger partial charge in [0.2, 0.25) is 0 Å². The van der Waals surface area contributed by atoms with Gasteiger partial charge in [0.15, 0.2) is 0 Å². The number of benzene rings is 1. The van der Waals surface area contributed by atoms with Crippen molar-refractivity contribution in [3.63, 3.8) is 0 Å². The molecular weight excluding hydrogens is 203 g/mol. The van der Waals surface area contributed by atoms with Crippen LogP contribution in [0, 0.1) is 29.5 Å². The average molecular weight is 216 g/mol. The lowest BCUT2D eigenvalue weighted by atomic mass is 10.1. The van der Waals surface area contributed by atoms with Gasteiger partial charge in [-0.1, -0.05) is 12.8 Å². The van der Waals surface area contributed by atoms with Crippen LogP contribution in [0.5, 0.6) is 0 Å². The van der Waals surface area contributed by atoms with E-state index in [4.69, 9.17) is 11.7 Å². The molecular formula is C13H13FN2. The highest BCUT2D eigenvalue weighted by Gasteiger charge is 2.03. The van der Waals surface area contributed by atoms with E-state index in [1.54, 1.807) is 6.07 Å². The van der Waals surface area contributed by atoms with Crippen molar-refractivity contribution in [3.05, 3.63) is 35.1 Å². The fourth-order valence-corrected chi connectivity index (χ4v) is 1.38. The standard InChI is InChI=1S/C13H13FN2/c1-3-13(4-2)16-9-11-5-10(8-15)6-12(14)7-11/h1,5-7,13,16H,4,9H2,2H3. The third-order valence-electron chi connectivity index (χ3n) is 2.25. The molecule has 0 heterocycles. The minimum Gasteiger partial charge on any atom is -0.300 e. The van der Waals surface area contributed by atoms with Crippen molar-refractivity contribution in [2.24, 2.45) is 0 Å². The Morgan fingerprint density at radius 3 is 2.81 bits per heavy atom. The van der Waals surface area contributed by atoms with Crippen molar-refractivity contribution < 1.29 is 4.39 Å². The SMILES string of the molecule is C#CC(CC)NCc1cc(F)cc(C#N)c1. The number of terminal acetylenes is 1. The molecule has 0 fully saturated rings. The second kappa shape index (κ2) is 5.90. The Balaban J connectivity index is 2.72. The van der Waals surface area contributed by atoms with Gasteiger partial charge in [-0.15, -0.1) is 6.42 Å². The summed E-state index contributed by atoms with van der Waals surface area (Å²) in [6.45, 7) is 2.44. The first-order valence-electron chi connectivity index (χ1n) is 5.08. The van der Waals surface area contributed by atoms with Crippen molar-refractivity contribution >= 4 is 0 Å². The van der Waals surface area contributed by atoms with Gasteiger partial charge in [0, 0.05) is 6.54 Å². The molecule has 3 heteroatoms. The lowest BCUT2D eigenvalue weighted by Crippen LogP contribution is -2.26. The molecule has 1 N–H and O–H groups in total.